The molecule has 0 aromatic rings. The Bertz CT molecular complexity index is 174. The van der Waals surface area contributed by atoms with Crippen molar-refractivity contribution in [2.45, 2.75) is 34.1 Å². The lowest BCUT2D eigenvalue weighted by Gasteiger charge is -2.05. The maximum atomic E-state index is 11.1. The number of allylic oxidation sites excluding steroid dienone is 1. The van der Waals surface area contributed by atoms with Crippen molar-refractivity contribution in [2.24, 2.45) is 0 Å². The van der Waals surface area contributed by atoms with Gasteiger partial charge in [-0.1, -0.05) is 12.5 Å². The summed E-state index contributed by atoms with van der Waals surface area (Å²) in [6.45, 7) is 8.08. The second kappa shape index (κ2) is 9.55. The Kier molecular flexibility index (Phi) is 13.4. The average molecular weight is 210 g/mol. The van der Waals surface area contributed by atoms with E-state index < -0.39 is 0 Å². The van der Waals surface area contributed by atoms with E-state index in [9.17, 15) is 4.79 Å². The number of ether oxygens (including phenoxy) is 1. The predicted molar refractivity (Wildman–Crippen MR) is 57.6 cm³/mol. The highest BCUT2D eigenvalue weighted by Crippen LogP contribution is 2.09. The molecule has 13 heavy (non-hydrogen) atoms. The van der Waals surface area contributed by atoms with E-state index in [0.717, 1.165) is 17.6 Å². The van der Waals surface area contributed by atoms with Gasteiger partial charge in [-0.15, -0.1) is 12.4 Å². The molecule has 0 radical (unpaired) electrons. The van der Waals surface area contributed by atoms with Crippen molar-refractivity contribution in [3.05, 3.63) is 11.1 Å². The Hall–Kier alpha value is -0.540. The number of carbonyl (C=O) groups is 1. The van der Waals surface area contributed by atoms with Crippen LogP contribution in [-0.4, -0.2) is 12.6 Å². The molecule has 0 fully saturated rings. The van der Waals surface area contributed by atoms with Crippen molar-refractivity contribution in [1.29, 1.82) is 0 Å². The molecule has 0 heterocycles. The van der Waals surface area contributed by atoms with E-state index >= 15 is 0 Å². The molecule has 0 bridgehead atoms. The Balaban J connectivity index is -0.000000500. The summed E-state index contributed by atoms with van der Waals surface area (Å²) >= 11 is 0. The summed E-state index contributed by atoms with van der Waals surface area (Å²) in [5.74, 6) is -0.171. The van der Waals surface area contributed by atoms with E-state index in [1.165, 1.54) is 0 Å². The molecular formula is C9H20ClNO2. The van der Waals surface area contributed by atoms with Crippen molar-refractivity contribution in [2.75, 3.05) is 6.61 Å². The van der Waals surface area contributed by atoms with Gasteiger partial charge in [-0.05, 0) is 27.2 Å². The Morgan fingerprint density at radius 3 is 1.92 bits per heavy atom. The second-order valence-corrected chi connectivity index (χ2v) is 2.55. The number of hydrogen-bond acceptors (Lipinski definition) is 3. The van der Waals surface area contributed by atoms with Crippen molar-refractivity contribution in [1.82, 2.24) is 6.15 Å². The third kappa shape index (κ3) is 6.61. The fourth-order valence-corrected chi connectivity index (χ4v) is 0.920. The molecule has 3 N–H and O–H groups in total. The summed E-state index contributed by atoms with van der Waals surface area (Å²) in [6.07, 6.45) is 0.751. The topological polar surface area (TPSA) is 61.3 Å². The second-order valence-electron chi connectivity index (χ2n) is 2.55. The molecule has 0 spiro atoms. The van der Waals surface area contributed by atoms with Gasteiger partial charge in [0.15, 0.2) is 0 Å². The first-order valence-electron chi connectivity index (χ1n) is 3.96. The number of hydrogen-bond donors (Lipinski definition) is 1. The van der Waals surface area contributed by atoms with Crippen LogP contribution in [0.2, 0.25) is 0 Å². The molecule has 0 amide bonds. The van der Waals surface area contributed by atoms with Crippen LogP contribution in [0, 0.1) is 0 Å². The summed E-state index contributed by atoms with van der Waals surface area (Å²) in [6, 6.07) is 0. The quantitative estimate of drug-likeness (QED) is 0.574. The zero-order valence-corrected chi connectivity index (χ0v) is 9.66. The van der Waals surface area contributed by atoms with Gasteiger partial charge >= 0.3 is 5.97 Å². The first-order chi connectivity index (χ1) is 5.13. The molecule has 80 valence electrons. The van der Waals surface area contributed by atoms with E-state index in [2.05, 4.69) is 0 Å². The molecule has 0 rings (SSSR count). The fourth-order valence-electron chi connectivity index (χ4n) is 0.920. The lowest BCUT2D eigenvalue weighted by atomic mass is 10.1. The van der Waals surface area contributed by atoms with Gasteiger partial charge < -0.3 is 10.9 Å². The van der Waals surface area contributed by atoms with Crippen LogP contribution in [0.15, 0.2) is 11.1 Å². The molecule has 0 saturated carbocycles. The molecule has 4 heteroatoms. The highest BCUT2D eigenvalue weighted by atomic mass is 35.5. The minimum atomic E-state index is -0.171. The van der Waals surface area contributed by atoms with E-state index in [-0.39, 0.29) is 24.5 Å². The first kappa shape index (κ1) is 18.3. The molecule has 3 nitrogen and oxygen atoms in total. The van der Waals surface area contributed by atoms with Gasteiger partial charge in [0.05, 0.1) is 6.61 Å². The van der Waals surface area contributed by atoms with Gasteiger partial charge in [0.1, 0.15) is 0 Å². The summed E-state index contributed by atoms with van der Waals surface area (Å²) in [4.78, 5) is 11.1. The third-order valence-electron chi connectivity index (χ3n) is 1.48. The highest BCUT2D eigenvalue weighted by molar-refractivity contribution is 5.89. The minimum absolute atomic E-state index is 0. The first-order valence-corrected chi connectivity index (χ1v) is 3.96. The van der Waals surface area contributed by atoms with Crippen LogP contribution >= 0.6 is 12.4 Å². The number of esters is 1. The van der Waals surface area contributed by atoms with Gasteiger partial charge in [-0.25, -0.2) is 4.79 Å². The smallest absolute Gasteiger partial charge is 0.333 e. The zero-order chi connectivity index (χ0) is 8.85. The number of carbonyl (C=O) groups excluding carboxylic acids is 1. The number of rotatable bonds is 3. The molecule has 0 aliphatic rings. The van der Waals surface area contributed by atoms with Crippen LogP contribution < -0.4 is 6.15 Å². The van der Waals surface area contributed by atoms with Gasteiger partial charge in [0.2, 0.25) is 0 Å². The third-order valence-corrected chi connectivity index (χ3v) is 1.48. The monoisotopic (exact) mass is 209 g/mol. The fraction of sp³-hybridized carbons (Fsp3) is 0.667. The van der Waals surface area contributed by atoms with Gasteiger partial charge in [-0.2, -0.15) is 0 Å². The number of halogens is 1. The molecule has 0 atom stereocenters. The van der Waals surface area contributed by atoms with Crippen LogP contribution in [0.5, 0.6) is 0 Å². The molecule has 0 aliphatic heterocycles. The Morgan fingerprint density at radius 1 is 1.23 bits per heavy atom. The normalized spacial score (nSPS) is 7.69. The average Bonchev–Trinajstić information content (AvgIpc) is 1.88. The van der Waals surface area contributed by atoms with Crippen LogP contribution in [-0.2, 0) is 9.53 Å². The summed E-state index contributed by atoms with van der Waals surface area (Å²) in [5.41, 5.74) is 1.85. The molecule has 0 aromatic heterocycles. The SMILES string of the molecule is CCOC(=O)C(CC)=C(C)C.Cl.N. The van der Waals surface area contributed by atoms with E-state index in [0.29, 0.717) is 6.61 Å². The van der Waals surface area contributed by atoms with E-state index in [4.69, 9.17) is 4.74 Å². The lowest BCUT2D eigenvalue weighted by molar-refractivity contribution is -0.138. The van der Waals surface area contributed by atoms with E-state index in [1.54, 1.807) is 0 Å². The van der Waals surface area contributed by atoms with Gasteiger partial charge in [0.25, 0.3) is 0 Å². The largest absolute Gasteiger partial charge is 0.463 e. The maximum Gasteiger partial charge on any atom is 0.333 e. The predicted octanol–water partition coefficient (Wildman–Crippen LogP) is 2.88. The Morgan fingerprint density at radius 2 is 1.69 bits per heavy atom. The molecule has 0 aromatic carbocycles. The van der Waals surface area contributed by atoms with Crippen LogP contribution in [0.1, 0.15) is 34.1 Å². The minimum Gasteiger partial charge on any atom is -0.463 e. The van der Waals surface area contributed by atoms with Crippen LogP contribution in [0.4, 0.5) is 0 Å². The van der Waals surface area contributed by atoms with Crippen molar-refractivity contribution in [3.8, 4) is 0 Å². The molecule has 0 saturated heterocycles. The maximum absolute atomic E-state index is 11.1. The molecule has 0 unspecified atom stereocenters. The summed E-state index contributed by atoms with van der Waals surface area (Å²) in [5, 5.41) is 0. The van der Waals surface area contributed by atoms with Crippen LogP contribution in [0.3, 0.4) is 0 Å². The van der Waals surface area contributed by atoms with Gasteiger partial charge in [-0.3, -0.25) is 0 Å². The Labute approximate surface area is 86.5 Å². The standard InChI is InChI=1S/C9H16O2.ClH.H3N/c1-5-8(7(3)4)9(10)11-6-2;;/h5-6H2,1-4H3;1H;1H3. The summed E-state index contributed by atoms with van der Waals surface area (Å²) in [7, 11) is 0. The van der Waals surface area contributed by atoms with Crippen molar-refractivity contribution >= 4 is 18.4 Å². The molecular weight excluding hydrogens is 190 g/mol. The van der Waals surface area contributed by atoms with Gasteiger partial charge in [0, 0.05) is 5.57 Å². The molecule has 0 aliphatic carbocycles. The van der Waals surface area contributed by atoms with E-state index in [1.807, 2.05) is 27.7 Å². The van der Waals surface area contributed by atoms with Crippen molar-refractivity contribution < 1.29 is 9.53 Å². The van der Waals surface area contributed by atoms with Crippen molar-refractivity contribution in [3.63, 3.8) is 0 Å². The summed E-state index contributed by atoms with van der Waals surface area (Å²) < 4.78 is 4.86. The lowest BCUT2D eigenvalue weighted by Crippen LogP contribution is -2.08. The highest BCUT2D eigenvalue weighted by Gasteiger charge is 2.08. The van der Waals surface area contributed by atoms with Crippen LogP contribution in [0.25, 0.3) is 0 Å². The zero-order valence-electron chi connectivity index (χ0n) is 8.85.